The molecule has 1 aromatic rings. The van der Waals surface area contributed by atoms with Crippen LogP contribution in [0.5, 0.6) is 0 Å². The molecule has 0 aliphatic heterocycles. The van der Waals surface area contributed by atoms with E-state index in [0.717, 1.165) is 6.42 Å². The van der Waals surface area contributed by atoms with Gasteiger partial charge in [-0.3, -0.25) is 0 Å². The third-order valence-corrected chi connectivity index (χ3v) is 1.33. The smallest absolute Gasteiger partial charge is 0.341 e. The van der Waals surface area contributed by atoms with Crippen LogP contribution < -0.4 is 0 Å². The minimum Gasteiger partial charge on any atom is -0.477 e. The van der Waals surface area contributed by atoms with Gasteiger partial charge in [-0.15, -0.1) is 0 Å². The van der Waals surface area contributed by atoms with E-state index in [1.807, 2.05) is 13.0 Å². The predicted octanol–water partition coefficient (Wildman–Crippen LogP) is 1.80. The highest BCUT2D eigenvalue weighted by atomic mass is 16.5. The summed E-state index contributed by atoms with van der Waals surface area (Å²) in [6, 6.07) is 0. The summed E-state index contributed by atoms with van der Waals surface area (Å²) in [5.41, 5.74) is 0.0969. The van der Waals surface area contributed by atoms with Gasteiger partial charge in [0.25, 0.3) is 0 Å². The highest BCUT2D eigenvalue weighted by Gasteiger charge is 2.11. The van der Waals surface area contributed by atoms with Crippen LogP contribution in [0.4, 0.5) is 0 Å². The number of aromatic nitrogens is 1. The van der Waals surface area contributed by atoms with Crippen LogP contribution in [0.15, 0.2) is 16.8 Å². The lowest BCUT2D eigenvalue weighted by molar-refractivity contribution is 0.0696. The van der Waals surface area contributed by atoms with Gasteiger partial charge in [-0.2, -0.15) is 0 Å². The van der Waals surface area contributed by atoms with Crippen molar-refractivity contribution in [1.82, 2.24) is 5.16 Å². The molecule has 1 N–H and O–H groups in total. The van der Waals surface area contributed by atoms with Crippen LogP contribution in [0, 0.1) is 0 Å². The first-order valence-electron chi connectivity index (χ1n) is 3.60. The topological polar surface area (TPSA) is 63.3 Å². The zero-order valence-electron chi connectivity index (χ0n) is 6.65. The Morgan fingerprint density at radius 2 is 2.58 bits per heavy atom. The van der Waals surface area contributed by atoms with E-state index in [-0.39, 0.29) is 5.56 Å². The molecule has 0 saturated heterocycles. The highest BCUT2D eigenvalue weighted by Crippen LogP contribution is 2.09. The van der Waals surface area contributed by atoms with Crippen LogP contribution >= 0.6 is 0 Å². The normalized spacial score (nSPS) is 10.8. The fourth-order valence-corrected chi connectivity index (χ4v) is 0.754. The van der Waals surface area contributed by atoms with Crippen molar-refractivity contribution in [2.24, 2.45) is 0 Å². The second-order valence-corrected chi connectivity index (χ2v) is 2.22. The molecular formula is C8H9NO3. The van der Waals surface area contributed by atoms with Gasteiger partial charge in [0.15, 0.2) is 5.76 Å². The van der Waals surface area contributed by atoms with E-state index < -0.39 is 5.97 Å². The number of hydrogen-bond donors (Lipinski definition) is 1. The fourth-order valence-electron chi connectivity index (χ4n) is 0.754. The summed E-state index contributed by atoms with van der Waals surface area (Å²) in [6.45, 7) is 1.95. The van der Waals surface area contributed by atoms with Crippen molar-refractivity contribution in [3.63, 3.8) is 0 Å². The quantitative estimate of drug-likeness (QED) is 0.745. The molecule has 1 rings (SSSR count). The Hall–Kier alpha value is -1.58. The number of hydrogen-bond acceptors (Lipinski definition) is 3. The van der Waals surface area contributed by atoms with Crippen LogP contribution in [0.2, 0.25) is 0 Å². The van der Waals surface area contributed by atoms with Crippen LogP contribution in [0.25, 0.3) is 6.08 Å². The molecule has 0 aromatic carbocycles. The molecule has 1 aromatic heterocycles. The molecule has 0 bridgehead atoms. The molecule has 64 valence electrons. The average Bonchev–Trinajstić information content (AvgIpc) is 2.48. The summed E-state index contributed by atoms with van der Waals surface area (Å²) in [5.74, 6) is -0.726. The molecule has 0 spiro atoms. The third kappa shape index (κ3) is 1.72. The Morgan fingerprint density at radius 1 is 1.83 bits per heavy atom. The fraction of sp³-hybridized carbons (Fsp3) is 0.250. The average molecular weight is 167 g/mol. The molecule has 0 fully saturated rings. The van der Waals surface area contributed by atoms with Gasteiger partial charge in [0.05, 0.1) is 6.20 Å². The number of rotatable bonds is 3. The van der Waals surface area contributed by atoms with Crippen LogP contribution in [-0.2, 0) is 0 Å². The van der Waals surface area contributed by atoms with Crippen molar-refractivity contribution in [3.8, 4) is 0 Å². The molecule has 4 nitrogen and oxygen atoms in total. The molecule has 1 heterocycles. The van der Waals surface area contributed by atoms with E-state index in [1.54, 1.807) is 6.08 Å². The predicted molar refractivity (Wildman–Crippen MR) is 42.8 cm³/mol. The first-order valence-corrected chi connectivity index (χ1v) is 3.60. The van der Waals surface area contributed by atoms with Gasteiger partial charge in [-0.1, -0.05) is 18.2 Å². The lowest BCUT2D eigenvalue weighted by Gasteiger charge is -1.86. The second kappa shape index (κ2) is 3.71. The van der Waals surface area contributed by atoms with Gasteiger partial charge in [0.2, 0.25) is 0 Å². The van der Waals surface area contributed by atoms with Crippen molar-refractivity contribution < 1.29 is 14.4 Å². The van der Waals surface area contributed by atoms with Gasteiger partial charge >= 0.3 is 5.97 Å². The van der Waals surface area contributed by atoms with Crippen LogP contribution in [0.1, 0.15) is 29.5 Å². The van der Waals surface area contributed by atoms with E-state index >= 15 is 0 Å². The zero-order chi connectivity index (χ0) is 8.97. The van der Waals surface area contributed by atoms with Gasteiger partial charge in [0, 0.05) is 0 Å². The maximum absolute atomic E-state index is 10.5. The van der Waals surface area contributed by atoms with E-state index in [4.69, 9.17) is 9.63 Å². The second-order valence-electron chi connectivity index (χ2n) is 2.22. The van der Waals surface area contributed by atoms with Gasteiger partial charge < -0.3 is 9.63 Å². The van der Waals surface area contributed by atoms with Gasteiger partial charge in [-0.25, -0.2) is 4.79 Å². The number of carbonyl (C=O) groups is 1. The standard InChI is InChI=1S/C8H9NO3/c1-2-3-4-7-6(8(10)11)5-9-12-7/h3-5H,2H2,1H3,(H,10,11)/b4-3+. The molecule has 12 heavy (non-hydrogen) atoms. The van der Waals surface area contributed by atoms with Crippen molar-refractivity contribution >= 4 is 12.0 Å². The number of nitrogens with zero attached hydrogens (tertiary/aromatic N) is 1. The molecule has 0 radical (unpaired) electrons. The van der Waals surface area contributed by atoms with Crippen LogP contribution in [-0.4, -0.2) is 16.2 Å². The largest absolute Gasteiger partial charge is 0.477 e. The lowest BCUT2D eigenvalue weighted by atomic mass is 10.2. The molecular weight excluding hydrogens is 158 g/mol. The Bertz CT molecular complexity index is 301. The Labute approximate surface area is 69.5 Å². The zero-order valence-corrected chi connectivity index (χ0v) is 6.65. The number of allylic oxidation sites excluding steroid dienone is 1. The molecule has 0 saturated carbocycles. The third-order valence-electron chi connectivity index (χ3n) is 1.33. The number of aromatic carboxylic acids is 1. The minimum atomic E-state index is -1.02. The molecule has 0 unspecified atom stereocenters. The van der Waals surface area contributed by atoms with E-state index in [2.05, 4.69) is 5.16 Å². The van der Waals surface area contributed by atoms with Crippen molar-refractivity contribution in [2.45, 2.75) is 13.3 Å². The molecule has 0 aliphatic rings. The minimum absolute atomic E-state index is 0.0969. The van der Waals surface area contributed by atoms with Crippen LogP contribution in [0.3, 0.4) is 0 Å². The van der Waals surface area contributed by atoms with Crippen molar-refractivity contribution in [2.75, 3.05) is 0 Å². The van der Waals surface area contributed by atoms with Gasteiger partial charge in [-0.05, 0) is 12.5 Å². The summed E-state index contributed by atoms with van der Waals surface area (Å²) in [4.78, 5) is 10.5. The van der Waals surface area contributed by atoms with E-state index in [9.17, 15) is 4.79 Å². The molecule has 0 aliphatic carbocycles. The van der Waals surface area contributed by atoms with E-state index in [1.165, 1.54) is 6.20 Å². The van der Waals surface area contributed by atoms with Crippen molar-refractivity contribution in [3.05, 3.63) is 23.6 Å². The number of carboxylic acid groups (broad SMARTS) is 1. The van der Waals surface area contributed by atoms with Gasteiger partial charge in [0.1, 0.15) is 5.56 Å². The first kappa shape index (κ1) is 8.52. The summed E-state index contributed by atoms with van der Waals surface area (Å²) in [5, 5.41) is 12.0. The maximum Gasteiger partial charge on any atom is 0.341 e. The summed E-state index contributed by atoms with van der Waals surface area (Å²) in [7, 11) is 0. The van der Waals surface area contributed by atoms with E-state index in [0.29, 0.717) is 5.76 Å². The molecule has 4 heteroatoms. The van der Waals surface area contributed by atoms with Crippen molar-refractivity contribution in [1.29, 1.82) is 0 Å². The summed E-state index contributed by atoms with van der Waals surface area (Å²) < 4.78 is 4.71. The Morgan fingerprint density at radius 3 is 3.17 bits per heavy atom. The lowest BCUT2D eigenvalue weighted by Crippen LogP contribution is -1.95. The SMILES string of the molecule is CC/C=C/c1oncc1C(=O)O. The maximum atomic E-state index is 10.5. The monoisotopic (exact) mass is 167 g/mol. The Balaban J connectivity index is 2.91. The molecule has 0 atom stereocenters. The summed E-state index contributed by atoms with van der Waals surface area (Å²) in [6.07, 6.45) is 5.45. The highest BCUT2D eigenvalue weighted by molar-refractivity contribution is 5.90. The summed E-state index contributed by atoms with van der Waals surface area (Å²) >= 11 is 0. The molecule has 0 amide bonds. The Kier molecular flexibility index (Phi) is 2.63. The first-order chi connectivity index (χ1) is 5.75. The number of carboxylic acids is 1.